The summed E-state index contributed by atoms with van der Waals surface area (Å²) >= 11 is 0. The summed E-state index contributed by atoms with van der Waals surface area (Å²) in [6.45, 7) is 3.42. The Morgan fingerprint density at radius 1 is 1.38 bits per heavy atom. The van der Waals surface area contributed by atoms with Crippen molar-refractivity contribution in [1.82, 2.24) is 5.32 Å². The number of unbranched alkanes of at least 4 members (excludes halogenated alkanes) is 1. The van der Waals surface area contributed by atoms with Crippen molar-refractivity contribution in [3.8, 4) is 0 Å². The fourth-order valence-electron chi connectivity index (χ4n) is 1.59. The van der Waals surface area contributed by atoms with E-state index in [4.69, 9.17) is 5.73 Å². The molecule has 0 aliphatic carbocycles. The van der Waals surface area contributed by atoms with E-state index in [0.29, 0.717) is 6.54 Å². The average molecular weight is 220 g/mol. The van der Waals surface area contributed by atoms with E-state index in [1.54, 1.807) is 0 Å². The van der Waals surface area contributed by atoms with Crippen LogP contribution in [-0.2, 0) is 6.42 Å². The minimum absolute atomic E-state index is 0.0116. The van der Waals surface area contributed by atoms with Crippen molar-refractivity contribution in [3.05, 3.63) is 35.4 Å². The highest BCUT2D eigenvalue weighted by Crippen LogP contribution is 2.08. The lowest BCUT2D eigenvalue weighted by Crippen LogP contribution is -2.25. The van der Waals surface area contributed by atoms with Gasteiger partial charge in [0.1, 0.15) is 0 Å². The highest BCUT2D eigenvalue weighted by atomic mass is 16.1. The van der Waals surface area contributed by atoms with E-state index < -0.39 is 0 Å². The summed E-state index contributed by atoms with van der Waals surface area (Å²) in [5, 5.41) is 2.92. The molecule has 1 aromatic carbocycles. The van der Waals surface area contributed by atoms with Gasteiger partial charge in [-0.3, -0.25) is 4.79 Å². The maximum atomic E-state index is 11.9. The Kier molecular flexibility index (Phi) is 5.57. The SMILES string of the molecule is CCCCNC(=O)c1ccccc1CCN. The molecule has 0 heterocycles. The Bertz CT molecular complexity index is 336. The summed E-state index contributed by atoms with van der Waals surface area (Å²) in [6.07, 6.45) is 2.85. The zero-order valence-corrected chi connectivity index (χ0v) is 9.83. The smallest absolute Gasteiger partial charge is 0.251 e. The lowest BCUT2D eigenvalue weighted by molar-refractivity contribution is 0.0952. The first-order valence-corrected chi connectivity index (χ1v) is 5.85. The van der Waals surface area contributed by atoms with Crippen LogP contribution in [0.3, 0.4) is 0 Å². The molecule has 0 aromatic heterocycles. The van der Waals surface area contributed by atoms with Gasteiger partial charge in [-0.2, -0.15) is 0 Å². The molecular weight excluding hydrogens is 200 g/mol. The van der Waals surface area contributed by atoms with Crippen LogP contribution in [0.4, 0.5) is 0 Å². The van der Waals surface area contributed by atoms with Crippen molar-refractivity contribution in [2.75, 3.05) is 13.1 Å². The van der Waals surface area contributed by atoms with Crippen LogP contribution in [-0.4, -0.2) is 19.0 Å². The molecule has 0 bridgehead atoms. The predicted octanol–water partition coefficient (Wildman–Crippen LogP) is 1.72. The molecule has 0 atom stereocenters. The first-order valence-electron chi connectivity index (χ1n) is 5.85. The van der Waals surface area contributed by atoms with Crippen LogP contribution in [0, 0.1) is 0 Å². The van der Waals surface area contributed by atoms with Crippen LogP contribution in [0.5, 0.6) is 0 Å². The summed E-state index contributed by atoms with van der Waals surface area (Å²) in [5.74, 6) is 0.0116. The van der Waals surface area contributed by atoms with Gasteiger partial charge in [0.05, 0.1) is 0 Å². The Labute approximate surface area is 97.0 Å². The number of carbonyl (C=O) groups excluding carboxylic acids is 1. The number of nitrogens with two attached hydrogens (primary N) is 1. The number of hydrogen-bond acceptors (Lipinski definition) is 2. The third kappa shape index (κ3) is 3.66. The standard InChI is InChI=1S/C13H20N2O/c1-2-3-10-15-13(16)12-7-5-4-6-11(12)8-9-14/h4-7H,2-3,8-10,14H2,1H3,(H,15,16). The molecule has 88 valence electrons. The fourth-order valence-corrected chi connectivity index (χ4v) is 1.59. The summed E-state index contributed by atoms with van der Waals surface area (Å²) < 4.78 is 0. The average Bonchev–Trinajstić information content (AvgIpc) is 2.30. The minimum atomic E-state index is 0.0116. The molecule has 0 aliphatic rings. The first-order chi connectivity index (χ1) is 7.79. The molecule has 3 N–H and O–H groups in total. The quantitative estimate of drug-likeness (QED) is 0.717. The molecule has 0 unspecified atom stereocenters. The van der Waals surface area contributed by atoms with Crippen LogP contribution in [0.1, 0.15) is 35.7 Å². The van der Waals surface area contributed by atoms with Crippen LogP contribution in [0.2, 0.25) is 0 Å². The number of amides is 1. The van der Waals surface area contributed by atoms with E-state index in [1.165, 1.54) is 0 Å². The molecule has 1 rings (SSSR count). The number of benzene rings is 1. The van der Waals surface area contributed by atoms with Gasteiger partial charge >= 0.3 is 0 Å². The number of hydrogen-bond donors (Lipinski definition) is 2. The van der Waals surface area contributed by atoms with E-state index >= 15 is 0 Å². The van der Waals surface area contributed by atoms with E-state index in [0.717, 1.165) is 36.9 Å². The van der Waals surface area contributed by atoms with Crippen molar-refractivity contribution in [2.24, 2.45) is 5.73 Å². The highest BCUT2D eigenvalue weighted by molar-refractivity contribution is 5.95. The first kappa shape index (κ1) is 12.7. The Balaban J connectivity index is 2.66. The van der Waals surface area contributed by atoms with Crippen molar-refractivity contribution in [3.63, 3.8) is 0 Å². The highest BCUT2D eigenvalue weighted by Gasteiger charge is 2.08. The summed E-state index contributed by atoms with van der Waals surface area (Å²) in [4.78, 5) is 11.9. The Morgan fingerprint density at radius 3 is 2.81 bits per heavy atom. The van der Waals surface area contributed by atoms with Gasteiger partial charge in [0.25, 0.3) is 5.91 Å². The number of nitrogens with one attached hydrogen (secondary N) is 1. The number of carbonyl (C=O) groups is 1. The fraction of sp³-hybridized carbons (Fsp3) is 0.462. The minimum Gasteiger partial charge on any atom is -0.352 e. The largest absolute Gasteiger partial charge is 0.352 e. The molecule has 0 saturated heterocycles. The monoisotopic (exact) mass is 220 g/mol. The van der Waals surface area contributed by atoms with Crippen molar-refractivity contribution < 1.29 is 4.79 Å². The van der Waals surface area contributed by atoms with Crippen LogP contribution >= 0.6 is 0 Å². The number of rotatable bonds is 6. The molecule has 0 saturated carbocycles. The van der Waals surface area contributed by atoms with Crippen molar-refractivity contribution in [2.45, 2.75) is 26.2 Å². The van der Waals surface area contributed by atoms with Gasteiger partial charge in [-0.15, -0.1) is 0 Å². The predicted molar refractivity (Wildman–Crippen MR) is 66.4 cm³/mol. The van der Waals surface area contributed by atoms with Crippen LogP contribution < -0.4 is 11.1 Å². The Hall–Kier alpha value is -1.35. The second kappa shape index (κ2) is 7.01. The summed E-state index contributed by atoms with van der Waals surface area (Å²) in [6, 6.07) is 7.64. The molecule has 0 radical (unpaired) electrons. The third-order valence-electron chi connectivity index (χ3n) is 2.49. The lowest BCUT2D eigenvalue weighted by Gasteiger charge is -2.08. The molecule has 3 heteroatoms. The molecule has 1 aromatic rings. The van der Waals surface area contributed by atoms with Crippen molar-refractivity contribution >= 4 is 5.91 Å². The summed E-state index contributed by atoms with van der Waals surface area (Å²) in [7, 11) is 0. The second-order valence-electron chi connectivity index (χ2n) is 3.81. The Morgan fingerprint density at radius 2 is 2.12 bits per heavy atom. The molecule has 0 fully saturated rings. The summed E-state index contributed by atoms with van der Waals surface area (Å²) in [5.41, 5.74) is 7.30. The maximum Gasteiger partial charge on any atom is 0.251 e. The van der Waals surface area contributed by atoms with Gasteiger partial charge in [0, 0.05) is 12.1 Å². The van der Waals surface area contributed by atoms with Crippen molar-refractivity contribution in [1.29, 1.82) is 0 Å². The van der Waals surface area contributed by atoms with Gasteiger partial charge < -0.3 is 11.1 Å². The third-order valence-corrected chi connectivity index (χ3v) is 2.49. The van der Waals surface area contributed by atoms with Crippen LogP contribution in [0.15, 0.2) is 24.3 Å². The van der Waals surface area contributed by atoms with E-state index in [1.807, 2.05) is 24.3 Å². The molecule has 1 amide bonds. The van der Waals surface area contributed by atoms with Gasteiger partial charge in [-0.05, 0) is 31.0 Å². The zero-order valence-electron chi connectivity index (χ0n) is 9.83. The normalized spacial score (nSPS) is 10.1. The van der Waals surface area contributed by atoms with Gasteiger partial charge in [-0.1, -0.05) is 31.5 Å². The van der Waals surface area contributed by atoms with Gasteiger partial charge in [-0.25, -0.2) is 0 Å². The van der Waals surface area contributed by atoms with Gasteiger partial charge in [0.15, 0.2) is 0 Å². The van der Waals surface area contributed by atoms with Gasteiger partial charge in [0.2, 0.25) is 0 Å². The molecule has 16 heavy (non-hydrogen) atoms. The lowest BCUT2D eigenvalue weighted by atomic mass is 10.0. The van der Waals surface area contributed by atoms with E-state index in [9.17, 15) is 4.79 Å². The molecule has 3 nitrogen and oxygen atoms in total. The molecule has 0 spiro atoms. The van der Waals surface area contributed by atoms with E-state index in [2.05, 4.69) is 12.2 Å². The zero-order chi connectivity index (χ0) is 11.8. The molecular formula is C13H20N2O. The second-order valence-corrected chi connectivity index (χ2v) is 3.81. The maximum absolute atomic E-state index is 11.9. The van der Waals surface area contributed by atoms with E-state index in [-0.39, 0.29) is 5.91 Å². The van der Waals surface area contributed by atoms with Crippen LogP contribution in [0.25, 0.3) is 0 Å². The molecule has 0 aliphatic heterocycles. The topological polar surface area (TPSA) is 55.1 Å².